The van der Waals surface area contributed by atoms with Crippen molar-refractivity contribution in [3.05, 3.63) is 28.5 Å². The summed E-state index contributed by atoms with van der Waals surface area (Å²) in [7, 11) is 0. The molecule has 0 aliphatic rings. The predicted octanol–water partition coefficient (Wildman–Crippen LogP) is 2.24. The van der Waals surface area contributed by atoms with E-state index in [4.69, 9.17) is 22.8 Å². The van der Waals surface area contributed by atoms with Crippen LogP contribution in [0.15, 0.2) is 17.7 Å². The van der Waals surface area contributed by atoms with Crippen molar-refractivity contribution in [2.75, 3.05) is 6.61 Å². The SMILES string of the molecule is C#CCOC(=O)C=Cc1c(Cl)nc2sccn12. The Labute approximate surface area is 106 Å². The molecule has 6 heteroatoms. The Morgan fingerprint density at radius 1 is 1.76 bits per heavy atom. The normalized spacial score (nSPS) is 10.8. The summed E-state index contributed by atoms with van der Waals surface area (Å²) in [5.41, 5.74) is 0.639. The largest absolute Gasteiger partial charge is 0.449 e. The molecule has 2 heterocycles. The summed E-state index contributed by atoms with van der Waals surface area (Å²) in [6.45, 7) is -0.0445. The van der Waals surface area contributed by atoms with Gasteiger partial charge in [-0.25, -0.2) is 9.78 Å². The lowest BCUT2D eigenvalue weighted by atomic mass is 10.4. The molecule has 0 radical (unpaired) electrons. The number of esters is 1. The van der Waals surface area contributed by atoms with Crippen LogP contribution in [0.4, 0.5) is 0 Å². The minimum Gasteiger partial charge on any atom is -0.449 e. The Balaban J connectivity index is 2.20. The molecule has 2 aromatic rings. The first kappa shape index (κ1) is 11.7. The molecule has 0 saturated carbocycles. The van der Waals surface area contributed by atoms with Crippen molar-refractivity contribution >= 4 is 39.9 Å². The number of imidazole rings is 1. The zero-order valence-electron chi connectivity index (χ0n) is 8.59. The van der Waals surface area contributed by atoms with Crippen LogP contribution in [-0.2, 0) is 9.53 Å². The summed E-state index contributed by atoms with van der Waals surface area (Å²) in [6, 6.07) is 0. The Bertz CT molecular complexity index is 621. The molecule has 0 N–H and O–H groups in total. The van der Waals surface area contributed by atoms with E-state index in [0.29, 0.717) is 10.8 Å². The maximum atomic E-state index is 11.2. The van der Waals surface area contributed by atoms with Crippen molar-refractivity contribution in [2.24, 2.45) is 0 Å². The Morgan fingerprint density at radius 2 is 2.59 bits per heavy atom. The number of terminal acetylenes is 1. The monoisotopic (exact) mass is 266 g/mol. The summed E-state index contributed by atoms with van der Waals surface area (Å²) in [5.74, 6) is 1.70. The minimum absolute atomic E-state index is 0.0445. The van der Waals surface area contributed by atoms with Crippen molar-refractivity contribution in [3.8, 4) is 12.3 Å². The molecule has 17 heavy (non-hydrogen) atoms. The number of carbonyl (C=O) groups excluding carboxylic acids is 1. The average Bonchev–Trinajstić information content (AvgIpc) is 2.84. The van der Waals surface area contributed by atoms with Crippen molar-refractivity contribution in [3.63, 3.8) is 0 Å². The molecule has 0 atom stereocenters. The first-order valence-electron chi connectivity index (χ1n) is 4.61. The van der Waals surface area contributed by atoms with Crippen LogP contribution in [0.3, 0.4) is 0 Å². The number of ether oxygens (including phenoxy) is 1. The van der Waals surface area contributed by atoms with Crippen LogP contribution in [0.25, 0.3) is 11.0 Å². The van der Waals surface area contributed by atoms with E-state index in [1.165, 1.54) is 17.4 Å². The molecule has 0 aliphatic heterocycles. The van der Waals surface area contributed by atoms with Gasteiger partial charge in [-0.3, -0.25) is 4.40 Å². The standard InChI is InChI=1S/C11H7ClN2O2S/c1-2-6-16-9(15)4-3-8-10(12)13-11-14(8)5-7-17-11/h1,3-5,7H,6H2. The van der Waals surface area contributed by atoms with E-state index in [2.05, 4.69) is 10.9 Å². The fraction of sp³-hybridized carbons (Fsp3) is 0.0909. The second-order valence-corrected chi connectivity index (χ2v) is 4.22. The highest BCUT2D eigenvalue weighted by Gasteiger charge is 2.08. The van der Waals surface area contributed by atoms with Crippen molar-refractivity contribution < 1.29 is 9.53 Å². The molecule has 0 spiro atoms. The van der Waals surface area contributed by atoms with Crippen LogP contribution < -0.4 is 0 Å². The molecule has 0 aliphatic carbocycles. The van der Waals surface area contributed by atoms with Gasteiger partial charge in [-0.15, -0.1) is 17.8 Å². The smallest absolute Gasteiger partial charge is 0.331 e. The van der Waals surface area contributed by atoms with Crippen molar-refractivity contribution in [1.82, 2.24) is 9.38 Å². The number of nitrogens with zero attached hydrogens (tertiary/aromatic N) is 2. The highest BCUT2D eigenvalue weighted by atomic mass is 35.5. The van der Waals surface area contributed by atoms with Gasteiger partial charge in [-0.2, -0.15) is 0 Å². The Morgan fingerprint density at radius 3 is 3.35 bits per heavy atom. The molecular weight excluding hydrogens is 260 g/mol. The van der Waals surface area contributed by atoms with Crippen LogP contribution in [0.2, 0.25) is 5.15 Å². The summed E-state index contributed by atoms with van der Waals surface area (Å²) in [4.78, 5) is 16.1. The quantitative estimate of drug-likeness (QED) is 0.486. The molecule has 0 amide bonds. The Kier molecular flexibility index (Phi) is 3.47. The molecule has 0 fully saturated rings. The third-order valence-corrected chi connectivity index (χ3v) is 2.96. The van der Waals surface area contributed by atoms with Crippen LogP contribution in [0, 0.1) is 12.3 Å². The lowest BCUT2D eigenvalue weighted by Crippen LogP contribution is -2.00. The molecule has 0 unspecified atom stereocenters. The molecule has 4 nitrogen and oxygen atoms in total. The van der Waals surface area contributed by atoms with Gasteiger partial charge in [-0.1, -0.05) is 17.5 Å². The van der Waals surface area contributed by atoms with Gasteiger partial charge in [0, 0.05) is 17.7 Å². The lowest BCUT2D eigenvalue weighted by molar-refractivity contribution is -0.136. The zero-order valence-corrected chi connectivity index (χ0v) is 10.2. The maximum Gasteiger partial charge on any atom is 0.331 e. The minimum atomic E-state index is -0.510. The number of halogens is 1. The van der Waals surface area contributed by atoms with E-state index in [1.54, 1.807) is 10.5 Å². The van der Waals surface area contributed by atoms with E-state index in [1.807, 2.05) is 11.6 Å². The number of carbonyl (C=O) groups is 1. The van der Waals surface area contributed by atoms with Gasteiger partial charge in [0.05, 0.1) is 5.69 Å². The first-order valence-corrected chi connectivity index (χ1v) is 5.87. The number of thiazole rings is 1. The zero-order chi connectivity index (χ0) is 12.3. The number of rotatable bonds is 3. The molecule has 0 saturated heterocycles. The van der Waals surface area contributed by atoms with E-state index < -0.39 is 5.97 Å². The molecule has 2 rings (SSSR count). The number of fused-ring (bicyclic) bond motifs is 1. The van der Waals surface area contributed by atoms with E-state index >= 15 is 0 Å². The van der Waals surface area contributed by atoms with E-state index in [-0.39, 0.29) is 6.61 Å². The first-order chi connectivity index (χ1) is 8.22. The second kappa shape index (κ2) is 5.04. The predicted molar refractivity (Wildman–Crippen MR) is 66.9 cm³/mol. The fourth-order valence-corrected chi connectivity index (χ4v) is 2.24. The van der Waals surface area contributed by atoms with E-state index in [0.717, 1.165) is 4.96 Å². The van der Waals surface area contributed by atoms with Gasteiger partial charge in [-0.05, 0) is 6.08 Å². The van der Waals surface area contributed by atoms with Gasteiger partial charge < -0.3 is 4.74 Å². The van der Waals surface area contributed by atoms with Gasteiger partial charge in [0.1, 0.15) is 0 Å². The third kappa shape index (κ3) is 2.49. The van der Waals surface area contributed by atoms with Gasteiger partial charge in [0.25, 0.3) is 0 Å². The van der Waals surface area contributed by atoms with Crippen LogP contribution in [-0.4, -0.2) is 22.0 Å². The van der Waals surface area contributed by atoms with Gasteiger partial charge in [0.2, 0.25) is 0 Å². The number of hydrogen-bond acceptors (Lipinski definition) is 4. The van der Waals surface area contributed by atoms with Gasteiger partial charge in [0.15, 0.2) is 16.7 Å². The highest BCUT2D eigenvalue weighted by molar-refractivity contribution is 7.15. The summed E-state index contributed by atoms with van der Waals surface area (Å²) in [5, 5.41) is 2.23. The molecule has 2 aromatic heterocycles. The topological polar surface area (TPSA) is 43.6 Å². The number of hydrogen-bond donors (Lipinski definition) is 0. The van der Waals surface area contributed by atoms with Crippen LogP contribution >= 0.6 is 22.9 Å². The maximum absolute atomic E-state index is 11.2. The molecule has 86 valence electrons. The summed E-state index contributed by atoms with van der Waals surface area (Å²) in [6.07, 6.45) is 9.61. The van der Waals surface area contributed by atoms with Crippen LogP contribution in [0.5, 0.6) is 0 Å². The molecule has 0 bridgehead atoms. The fourth-order valence-electron chi connectivity index (χ4n) is 1.23. The number of aromatic nitrogens is 2. The second-order valence-electron chi connectivity index (χ2n) is 2.99. The van der Waals surface area contributed by atoms with Gasteiger partial charge >= 0.3 is 5.97 Å². The summed E-state index contributed by atoms with van der Waals surface area (Å²) >= 11 is 7.40. The Hall–Kier alpha value is -1.77. The highest BCUT2D eigenvalue weighted by Crippen LogP contribution is 2.22. The van der Waals surface area contributed by atoms with Crippen molar-refractivity contribution in [1.29, 1.82) is 0 Å². The van der Waals surface area contributed by atoms with Crippen molar-refractivity contribution in [2.45, 2.75) is 0 Å². The molecular formula is C11H7ClN2O2S. The average molecular weight is 267 g/mol. The van der Waals surface area contributed by atoms with E-state index in [9.17, 15) is 4.79 Å². The summed E-state index contributed by atoms with van der Waals surface area (Å²) < 4.78 is 6.48. The molecule has 0 aromatic carbocycles. The lowest BCUT2D eigenvalue weighted by Gasteiger charge is -1.94. The van der Waals surface area contributed by atoms with Crippen LogP contribution in [0.1, 0.15) is 5.69 Å². The third-order valence-electron chi connectivity index (χ3n) is 1.93.